The summed E-state index contributed by atoms with van der Waals surface area (Å²) in [5.74, 6) is -0.168. The number of nitrogens with zero attached hydrogens (tertiary/aromatic N) is 2. The first-order chi connectivity index (χ1) is 15.8. The Balaban J connectivity index is 0.00000408. The summed E-state index contributed by atoms with van der Waals surface area (Å²) < 4.78 is 38.0. The number of morpholine rings is 1. The number of non-ortho nitro benzene ring substituents is 1. The fraction of sp³-hybridized carbons (Fsp3) is 0.409. The van der Waals surface area contributed by atoms with Crippen molar-refractivity contribution in [1.29, 1.82) is 0 Å². The van der Waals surface area contributed by atoms with E-state index in [4.69, 9.17) is 9.47 Å². The molecule has 1 heterocycles. The average molecular weight is 514 g/mol. The van der Waals surface area contributed by atoms with Crippen LogP contribution < -0.4 is 9.46 Å². The Labute approximate surface area is 204 Å². The molecule has 1 fully saturated rings. The molecule has 186 valence electrons. The summed E-state index contributed by atoms with van der Waals surface area (Å²) in [5.41, 5.74) is 0.917. The van der Waals surface area contributed by atoms with Crippen LogP contribution in [0.4, 0.5) is 5.69 Å². The number of carbonyl (C=O) groups is 1. The molecule has 2 aromatic rings. The number of ether oxygens (including phenoxy) is 2. The highest BCUT2D eigenvalue weighted by atomic mass is 35.5. The molecule has 10 nitrogen and oxygen atoms in total. The van der Waals surface area contributed by atoms with Crippen LogP contribution in [-0.2, 0) is 26.0 Å². The molecule has 0 unspecified atom stereocenters. The number of carbonyl (C=O) groups excluding carboxylic acids is 1. The number of halogens is 1. The molecule has 1 aliphatic rings. The van der Waals surface area contributed by atoms with E-state index < -0.39 is 20.9 Å². The number of hydrogen-bond donors (Lipinski definition) is 1. The molecule has 0 radical (unpaired) electrons. The van der Waals surface area contributed by atoms with Crippen molar-refractivity contribution in [3.05, 3.63) is 64.2 Å². The molecular formula is C22H28ClN3O7S. The number of nitro benzene ring substituents is 1. The highest BCUT2D eigenvalue weighted by Crippen LogP contribution is 2.18. The summed E-state index contributed by atoms with van der Waals surface area (Å²) in [7, 11) is -3.65. The Morgan fingerprint density at radius 2 is 1.74 bits per heavy atom. The van der Waals surface area contributed by atoms with Gasteiger partial charge in [0.05, 0.1) is 23.0 Å². The molecule has 3 rings (SSSR count). The van der Waals surface area contributed by atoms with Crippen LogP contribution in [0.15, 0.2) is 53.4 Å². The molecule has 2 aromatic carbocycles. The van der Waals surface area contributed by atoms with Crippen LogP contribution >= 0.6 is 12.4 Å². The van der Waals surface area contributed by atoms with Gasteiger partial charge < -0.3 is 9.47 Å². The Kier molecular flexibility index (Phi) is 10.9. The van der Waals surface area contributed by atoms with Crippen molar-refractivity contribution >= 4 is 34.1 Å². The number of nitro groups is 1. The first-order valence-corrected chi connectivity index (χ1v) is 12.2. The minimum absolute atomic E-state index is 0. The van der Waals surface area contributed by atoms with E-state index in [0.717, 1.165) is 18.7 Å². The topological polar surface area (TPSA) is 128 Å². The first-order valence-electron chi connectivity index (χ1n) is 10.7. The summed E-state index contributed by atoms with van der Waals surface area (Å²) in [4.78, 5) is 24.5. The van der Waals surface area contributed by atoms with Gasteiger partial charge in [-0.1, -0.05) is 12.1 Å². The Morgan fingerprint density at radius 3 is 2.35 bits per heavy atom. The molecule has 1 N–H and O–H groups in total. The van der Waals surface area contributed by atoms with E-state index in [0.29, 0.717) is 39.1 Å². The van der Waals surface area contributed by atoms with Gasteiger partial charge in [-0.25, -0.2) is 13.1 Å². The molecule has 0 aromatic heterocycles. The average Bonchev–Trinajstić information content (AvgIpc) is 2.80. The molecule has 0 spiro atoms. The Bertz CT molecular complexity index is 1040. The van der Waals surface area contributed by atoms with Gasteiger partial charge in [0, 0.05) is 44.7 Å². The van der Waals surface area contributed by atoms with Gasteiger partial charge in [-0.3, -0.25) is 19.8 Å². The summed E-state index contributed by atoms with van der Waals surface area (Å²) in [6, 6.07) is 11.9. The SMILES string of the molecule is Cl.O=C(CCCc1ccc([N+](=O)[O-])cc1)Oc1ccc(S(=O)(=O)NCCN2CCOCC2)cc1. The van der Waals surface area contributed by atoms with Gasteiger partial charge in [0.1, 0.15) is 5.75 Å². The van der Waals surface area contributed by atoms with E-state index in [-0.39, 0.29) is 35.2 Å². The van der Waals surface area contributed by atoms with Crippen molar-refractivity contribution in [2.75, 3.05) is 39.4 Å². The highest BCUT2D eigenvalue weighted by molar-refractivity contribution is 7.89. The minimum atomic E-state index is -3.65. The minimum Gasteiger partial charge on any atom is -0.427 e. The summed E-state index contributed by atoms with van der Waals surface area (Å²) in [5, 5.41) is 10.7. The quantitative estimate of drug-likeness (QED) is 0.210. The lowest BCUT2D eigenvalue weighted by Gasteiger charge is -2.26. The van der Waals surface area contributed by atoms with Crippen LogP contribution in [0, 0.1) is 10.1 Å². The van der Waals surface area contributed by atoms with Gasteiger partial charge in [-0.2, -0.15) is 0 Å². The smallest absolute Gasteiger partial charge is 0.311 e. The normalized spacial score (nSPS) is 14.2. The third kappa shape index (κ3) is 8.65. The van der Waals surface area contributed by atoms with E-state index in [1.165, 1.54) is 36.4 Å². The second-order valence-corrected chi connectivity index (χ2v) is 9.34. The van der Waals surface area contributed by atoms with Crippen molar-refractivity contribution < 1.29 is 27.6 Å². The van der Waals surface area contributed by atoms with Crippen LogP contribution in [0.2, 0.25) is 0 Å². The first kappa shape index (κ1) is 27.7. The third-order valence-corrected chi connectivity index (χ3v) is 6.66. The monoisotopic (exact) mass is 513 g/mol. The third-order valence-electron chi connectivity index (χ3n) is 5.18. The largest absolute Gasteiger partial charge is 0.427 e. The van der Waals surface area contributed by atoms with Gasteiger partial charge in [0.15, 0.2) is 0 Å². The van der Waals surface area contributed by atoms with E-state index in [9.17, 15) is 23.3 Å². The summed E-state index contributed by atoms with van der Waals surface area (Å²) in [6.07, 6.45) is 1.27. The Hall–Kier alpha value is -2.57. The van der Waals surface area contributed by atoms with Crippen molar-refractivity contribution in [1.82, 2.24) is 9.62 Å². The molecule has 1 aliphatic heterocycles. The lowest BCUT2D eigenvalue weighted by molar-refractivity contribution is -0.384. The molecule has 0 atom stereocenters. The van der Waals surface area contributed by atoms with Crippen molar-refractivity contribution in [3.8, 4) is 5.75 Å². The molecule has 0 bridgehead atoms. The highest BCUT2D eigenvalue weighted by Gasteiger charge is 2.16. The van der Waals surface area contributed by atoms with Gasteiger partial charge >= 0.3 is 5.97 Å². The standard InChI is InChI=1S/C22H27N3O7S.ClH/c26-22(3-1-2-18-4-6-19(7-5-18)25(27)28)32-20-8-10-21(11-9-20)33(29,30)23-12-13-24-14-16-31-17-15-24;/h4-11,23H,1-3,12-17H2;1H. The molecule has 0 aliphatic carbocycles. The van der Waals surface area contributed by atoms with Gasteiger partial charge in [-0.05, 0) is 42.7 Å². The molecule has 0 amide bonds. The molecule has 1 saturated heterocycles. The van der Waals surface area contributed by atoms with E-state index >= 15 is 0 Å². The molecule has 34 heavy (non-hydrogen) atoms. The van der Waals surface area contributed by atoms with Crippen molar-refractivity contribution in [3.63, 3.8) is 0 Å². The van der Waals surface area contributed by atoms with Crippen molar-refractivity contribution in [2.24, 2.45) is 0 Å². The zero-order chi connectivity index (χ0) is 23.7. The van der Waals surface area contributed by atoms with Gasteiger partial charge in [-0.15, -0.1) is 12.4 Å². The van der Waals surface area contributed by atoms with Gasteiger partial charge in [0.25, 0.3) is 5.69 Å². The molecular weight excluding hydrogens is 486 g/mol. The van der Waals surface area contributed by atoms with E-state index in [1.807, 2.05) is 0 Å². The summed E-state index contributed by atoms with van der Waals surface area (Å²) in [6.45, 7) is 3.80. The predicted molar refractivity (Wildman–Crippen MR) is 128 cm³/mol. The number of rotatable bonds is 11. The van der Waals surface area contributed by atoms with Crippen LogP contribution in [-0.4, -0.2) is 63.6 Å². The van der Waals surface area contributed by atoms with Crippen molar-refractivity contribution in [2.45, 2.75) is 24.2 Å². The van der Waals surface area contributed by atoms with E-state index in [1.54, 1.807) is 12.1 Å². The zero-order valence-electron chi connectivity index (χ0n) is 18.6. The van der Waals surface area contributed by atoms with Crippen LogP contribution in [0.1, 0.15) is 18.4 Å². The number of sulfonamides is 1. The van der Waals surface area contributed by atoms with Gasteiger partial charge in [0.2, 0.25) is 10.0 Å². The van der Waals surface area contributed by atoms with E-state index in [2.05, 4.69) is 9.62 Å². The predicted octanol–water partition coefficient (Wildman–Crippen LogP) is 2.56. The number of hydrogen-bond acceptors (Lipinski definition) is 8. The number of aryl methyl sites for hydroxylation is 1. The van der Waals surface area contributed by atoms with Crippen LogP contribution in [0.25, 0.3) is 0 Å². The second kappa shape index (κ2) is 13.4. The maximum Gasteiger partial charge on any atom is 0.311 e. The lowest BCUT2D eigenvalue weighted by atomic mass is 10.1. The Morgan fingerprint density at radius 1 is 1.09 bits per heavy atom. The second-order valence-electron chi connectivity index (χ2n) is 7.57. The summed E-state index contributed by atoms with van der Waals surface area (Å²) >= 11 is 0. The maximum atomic E-state index is 12.4. The number of benzene rings is 2. The van der Waals surface area contributed by atoms with Crippen LogP contribution in [0.5, 0.6) is 5.75 Å². The lowest BCUT2D eigenvalue weighted by Crippen LogP contribution is -2.41. The number of esters is 1. The van der Waals surface area contributed by atoms with Crippen LogP contribution in [0.3, 0.4) is 0 Å². The number of nitrogens with one attached hydrogen (secondary N) is 1. The molecule has 0 saturated carbocycles. The fourth-order valence-corrected chi connectivity index (χ4v) is 4.36. The maximum absolute atomic E-state index is 12.4. The zero-order valence-corrected chi connectivity index (χ0v) is 20.2. The molecule has 12 heteroatoms. The fourth-order valence-electron chi connectivity index (χ4n) is 3.34.